The van der Waals surface area contributed by atoms with Gasteiger partial charge in [-0.1, -0.05) is 6.07 Å². The van der Waals surface area contributed by atoms with Gasteiger partial charge in [0.15, 0.2) is 4.75 Å². The van der Waals surface area contributed by atoms with Crippen molar-refractivity contribution in [3.05, 3.63) is 29.3 Å². The number of carbonyl (C=O) groups is 1. The number of amides is 1. The molecule has 0 radical (unpaired) electrons. The second kappa shape index (κ2) is 4.75. The van der Waals surface area contributed by atoms with Gasteiger partial charge in [0.2, 0.25) is 0 Å². The number of nitrogens with zero attached hydrogens (tertiary/aromatic N) is 1. The number of rotatable bonds is 4. The minimum atomic E-state index is -3.60. The lowest BCUT2D eigenvalue weighted by Gasteiger charge is -2.43. The highest BCUT2D eigenvalue weighted by Crippen LogP contribution is 2.37. The van der Waals surface area contributed by atoms with Crippen molar-refractivity contribution in [1.82, 2.24) is 4.31 Å². The molecule has 7 heteroatoms. The highest BCUT2D eigenvalue weighted by molar-refractivity contribution is 7.94. The molecule has 2 N–H and O–H groups in total. The molecule has 0 unspecified atom stereocenters. The Labute approximate surface area is 118 Å². The van der Waals surface area contributed by atoms with E-state index >= 15 is 0 Å². The smallest absolute Gasteiger partial charge is 0.259 e. The van der Waals surface area contributed by atoms with Gasteiger partial charge in [-0.05, 0) is 31.5 Å². The van der Waals surface area contributed by atoms with Crippen LogP contribution in [0.1, 0.15) is 25.0 Å². The zero-order chi connectivity index (χ0) is 15.1. The van der Waals surface area contributed by atoms with Gasteiger partial charge in [0, 0.05) is 12.1 Å². The van der Waals surface area contributed by atoms with E-state index in [0.29, 0.717) is 17.9 Å². The molecule has 0 aromatic heterocycles. The number of sulfonamides is 1. The van der Waals surface area contributed by atoms with Crippen molar-refractivity contribution in [2.24, 2.45) is 5.73 Å². The number of hydrogen-bond donors (Lipinski definition) is 1. The Kier molecular flexibility index (Phi) is 3.51. The predicted molar refractivity (Wildman–Crippen MR) is 74.4 cm³/mol. The molecule has 110 valence electrons. The molecule has 0 atom stereocenters. The maximum absolute atomic E-state index is 12.1. The third-order valence-electron chi connectivity index (χ3n) is 3.57. The van der Waals surface area contributed by atoms with Crippen LogP contribution in [0.3, 0.4) is 0 Å². The van der Waals surface area contributed by atoms with Gasteiger partial charge in [0.1, 0.15) is 5.75 Å². The number of ether oxygens (including phenoxy) is 1. The molecule has 1 aromatic rings. The van der Waals surface area contributed by atoms with Crippen LogP contribution in [0.25, 0.3) is 0 Å². The van der Waals surface area contributed by atoms with Crippen LogP contribution in [-0.2, 0) is 27.9 Å². The number of carbonyl (C=O) groups excluding carboxylic acids is 1. The molecule has 0 aliphatic carbocycles. The molecule has 0 spiro atoms. The number of hydrogen-bond acceptors (Lipinski definition) is 5. The largest absolute Gasteiger partial charge is 0.496 e. The first-order valence-electron chi connectivity index (χ1n) is 6.18. The van der Waals surface area contributed by atoms with Crippen LogP contribution in [0.15, 0.2) is 18.2 Å². The summed E-state index contributed by atoms with van der Waals surface area (Å²) in [6.07, 6.45) is 0. The van der Waals surface area contributed by atoms with E-state index in [-0.39, 0.29) is 6.54 Å². The normalized spacial score (nSPS) is 19.6. The van der Waals surface area contributed by atoms with E-state index in [9.17, 15) is 13.2 Å². The van der Waals surface area contributed by atoms with Crippen LogP contribution in [0.2, 0.25) is 0 Å². The van der Waals surface area contributed by atoms with Crippen LogP contribution >= 0.6 is 0 Å². The Morgan fingerprint density at radius 1 is 1.35 bits per heavy atom. The SMILES string of the molecule is COc1ccc(CN)cc1CN1C(=O)C(C)(C)S1(=O)=O. The third-order valence-corrected chi connectivity index (χ3v) is 5.91. The van der Waals surface area contributed by atoms with Crippen LogP contribution in [0.4, 0.5) is 0 Å². The van der Waals surface area contributed by atoms with Gasteiger partial charge < -0.3 is 10.5 Å². The fourth-order valence-electron chi connectivity index (χ4n) is 2.15. The third kappa shape index (κ3) is 1.97. The van der Waals surface area contributed by atoms with Crippen molar-refractivity contribution in [1.29, 1.82) is 0 Å². The van der Waals surface area contributed by atoms with Crippen molar-refractivity contribution in [3.8, 4) is 5.75 Å². The average Bonchev–Trinajstić information content (AvgIpc) is 2.43. The van der Waals surface area contributed by atoms with E-state index in [1.807, 2.05) is 0 Å². The van der Waals surface area contributed by atoms with Crippen molar-refractivity contribution in [2.45, 2.75) is 31.7 Å². The lowest BCUT2D eigenvalue weighted by atomic mass is 10.1. The second-order valence-electron chi connectivity index (χ2n) is 5.18. The summed E-state index contributed by atoms with van der Waals surface area (Å²) in [7, 11) is -2.10. The molecule has 6 nitrogen and oxygen atoms in total. The van der Waals surface area contributed by atoms with Crippen LogP contribution in [-0.4, -0.2) is 30.5 Å². The first-order chi connectivity index (χ1) is 9.25. The minimum absolute atomic E-state index is 0.0262. The van der Waals surface area contributed by atoms with Crippen molar-refractivity contribution in [3.63, 3.8) is 0 Å². The molecule has 1 aliphatic rings. The van der Waals surface area contributed by atoms with Gasteiger partial charge in [-0.3, -0.25) is 4.79 Å². The average molecular weight is 298 g/mol. The maximum atomic E-state index is 12.1. The molecular formula is C13H18N2O4S. The number of benzene rings is 1. The molecule has 2 rings (SSSR count). The van der Waals surface area contributed by atoms with Crippen LogP contribution in [0, 0.1) is 0 Å². The Bertz CT molecular complexity index is 652. The molecule has 20 heavy (non-hydrogen) atoms. The summed E-state index contributed by atoms with van der Waals surface area (Å²) in [5, 5.41) is 0. The summed E-state index contributed by atoms with van der Waals surface area (Å²) in [4.78, 5) is 11.9. The Balaban J connectivity index is 2.34. The monoisotopic (exact) mass is 298 g/mol. The van der Waals surface area contributed by atoms with Gasteiger partial charge in [-0.15, -0.1) is 0 Å². The zero-order valence-electron chi connectivity index (χ0n) is 11.7. The van der Waals surface area contributed by atoms with E-state index in [1.165, 1.54) is 21.0 Å². The maximum Gasteiger partial charge on any atom is 0.259 e. The Morgan fingerprint density at radius 2 is 2.00 bits per heavy atom. The van der Waals surface area contributed by atoms with Gasteiger partial charge >= 0.3 is 0 Å². The quantitative estimate of drug-likeness (QED) is 0.879. The number of methoxy groups -OCH3 is 1. The minimum Gasteiger partial charge on any atom is -0.496 e. The fourth-order valence-corrected chi connectivity index (χ4v) is 3.66. The number of nitrogens with two attached hydrogens (primary N) is 1. The lowest BCUT2D eigenvalue weighted by molar-refractivity contribution is -0.132. The predicted octanol–water partition coefficient (Wildman–Crippen LogP) is 0.604. The molecule has 1 heterocycles. The molecule has 1 saturated heterocycles. The summed E-state index contributed by atoms with van der Waals surface area (Å²) >= 11 is 0. The molecule has 1 aromatic carbocycles. The van der Waals surface area contributed by atoms with E-state index in [0.717, 1.165) is 9.87 Å². The van der Waals surface area contributed by atoms with Crippen molar-refractivity contribution >= 4 is 15.9 Å². The summed E-state index contributed by atoms with van der Waals surface area (Å²) in [6.45, 7) is 3.13. The fraction of sp³-hybridized carbons (Fsp3) is 0.462. The molecule has 1 fully saturated rings. The molecule has 1 aliphatic heterocycles. The van der Waals surface area contributed by atoms with Crippen molar-refractivity contribution in [2.75, 3.05) is 7.11 Å². The molecular weight excluding hydrogens is 280 g/mol. The summed E-state index contributed by atoms with van der Waals surface area (Å²) < 4.78 is 28.9. The van der Waals surface area contributed by atoms with E-state index < -0.39 is 20.7 Å². The highest BCUT2D eigenvalue weighted by Gasteiger charge is 2.60. The van der Waals surface area contributed by atoms with Gasteiger partial charge in [0.25, 0.3) is 15.9 Å². The highest BCUT2D eigenvalue weighted by atomic mass is 32.2. The van der Waals surface area contributed by atoms with Gasteiger partial charge in [0.05, 0.1) is 13.7 Å². The molecule has 0 saturated carbocycles. The van der Waals surface area contributed by atoms with Gasteiger partial charge in [-0.25, -0.2) is 12.7 Å². The first kappa shape index (κ1) is 14.8. The standard InChI is InChI=1S/C13H18N2O4S/c1-13(2)12(16)15(20(13,17)18)8-10-6-9(7-14)4-5-11(10)19-3/h4-6H,7-8,14H2,1-3H3. The van der Waals surface area contributed by atoms with Gasteiger partial charge in [-0.2, -0.15) is 0 Å². The van der Waals surface area contributed by atoms with E-state index in [1.54, 1.807) is 18.2 Å². The molecule has 0 bridgehead atoms. The zero-order valence-corrected chi connectivity index (χ0v) is 12.5. The summed E-state index contributed by atoms with van der Waals surface area (Å²) in [5.74, 6) is 0.132. The van der Waals surface area contributed by atoms with Crippen molar-refractivity contribution < 1.29 is 17.9 Å². The van der Waals surface area contributed by atoms with E-state index in [2.05, 4.69) is 0 Å². The Hall–Kier alpha value is -1.60. The first-order valence-corrected chi connectivity index (χ1v) is 7.62. The Morgan fingerprint density at radius 3 is 2.50 bits per heavy atom. The van der Waals surface area contributed by atoms with E-state index in [4.69, 9.17) is 10.5 Å². The topological polar surface area (TPSA) is 89.7 Å². The summed E-state index contributed by atoms with van der Waals surface area (Å²) in [6, 6.07) is 5.28. The lowest BCUT2D eigenvalue weighted by Crippen LogP contribution is -2.66. The van der Waals surface area contributed by atoms with Crippen LogP contribution < -0.4 is 10.5 Å². The molecule has 1 amide bonds. The second-order valence-corrected chi connectivity index (χ2v) is 7.59. The summed E-state index contributed by atoms with van der Waals surface area (Å²) in [5.41, 5.74) is 7.05. The van der Waals surface area contributed by atoms with Crippen LogP contribution in [0.5, 0.6) is 5.75 Å².